The molecule has 18 heavy (non-hydrogen) atoms. The number of benzene rings is 1. The van der Waals surface area contributed by atoms with Crippen LogP contribution >= 0.6 is 12.8 Å². The number of fused-ring (bicyclic) bond motifs is 1. The first kappa shape index (κ1) is 11.3. The van der Waals surface area contributed by atoms with Gasteiger partial charge < -0.3 is 0 Å². The summed E-state index contributed by atoms with van der Waals surface area (Å²) >= 11 is 3.90. The van der Waals surface area contributed by atoms with Gasteiger partial charge in [0, 0.05) is 12.0 Å². The molecule has 2 aliphatic rings. The van der Waals surface area contributed by atoms with Crippen LogP contribution in [-0.4, -0.2) is 39.5 Å². The fourth-order valence-corrected chi connectivity index (χ4v) is 2.66. The predicted molar refractivity (Wildman–Crippen MR) is 66.2 cm³/mol. The van der Waals surface area contributed by atoms with Crippen molar-refractivity contribution in [3.05, 3.63) is 35.4 Å². The van der Waals surface area contributed by atoms with E-state index in [0.29, 0.717) is 12.0 Å². The lowest BCUT2D eigenvalue weighted by molar-refractivity contribution is -0.126. The highest BCUT2D eigenvalue weighted by molar-refractivity contribution is 7.78. The minimum absolute atomic E-state index is 0.0813. The second kappa shape index (κ2) is 3.84. The average molecular weight is 262 g/mol. The SMILES string of the molecule is O=C1c2ccccc2CC1N1C(=O)CN(S)C1=O. The van der Waals surface area contributed by atoms with Gasteiger partial charge in [-0.25, -0.2) is 4.79 Å². The van der Waals surface area contributed by atoms with Crippen LogP contribution in [0.2, 0.25) is 0 Å². The summed E-state index contributed by atoms with van der Waals surface area (Å²) in [5.74, 6) is -0.544. The van der Waals surface area contributed by atoms with Crippen molar-refractivity contribution in [2.24, 2.45) is 0 Å². The van der Waals surface area contributed by atoms with Crippen LogP contribution in [0.25, 0.3) is 0 Å². The Morgan fingerprint density at radius 2 is 1.89 bits per heavy atom. The number of thiol groups is 1. The molecule has 1 atom stereocenters. The van der Waals surface area contributed by atoms with E-state index in [-0.39, 0.29) is 18.2 Å². The Bertz CT molecular complexity index is 572. The van der Waals surface area contributed by atoms with Crippen LogP contribution in [-0.2, 0) is 11.2 Å². The number of hydrogen-bond acceptors (Lipinski definition) is 4. The van der Waals surface area contributed by atoms with Gasteiger partial charge in [0.15, 0.2) is 5.78 Å². The van der Waals surface area contributed by atoms with E-state index in [0.717, 1.165) is 14.8 Å². The van der Waals surface area contributed by atoms with Gasteiger partial charge in [-0.2, -0.15) is 0 Å². The molecule has 3 rings (SSSR count). The summed E-state index contributed by atoms with van der Waals surface area (Å²) in [6.45, 7) is -0.0813. The van der Waals surface area contributed by atoms with Gasteiger partial charge in [0.2, 0.25) is 0 Å². The lowest BCUT2D eigenvalue weighted by Crippen LogP contribution is -2.43. The topological polar surface area (TPSA) is 57.7 Å². The number of ketones is 1. The van der Waals surface area contributed by atoms with Gasteiger partial charge in [-0.15, -0.1) is 0 Å². The van der Waals surface area contributed by atoms with Crippen molar-refractivity contribution in [2.75, 3.05) is 6.54 Å². The standard InChI is InChI=1S/C12H10N2O3S/c15-10-6-13(18)12(17)14(10)9-5-7-3-1-2-4-8(7)11(9)16/h1-4,9,18H,5-6H2. The van der Waals surface area contributed by atoms with Crippen molar-refractivity contribution in [3.63, 3.8) is 0 Å². The van der Waals surface area contributed by atoms with Crippen molar-refractivity contribution in [1.29, 1.82) is 0 Å². The fourth-order valence-electron chi connectivity index (χ4n) is 2.44. The van der Waals surface area contributed by atoms with E-state index in [2.05, 4.69) is 12.8 Å². The highest BCUT2D eigenvalue weighted by atomic mass is 32.1. The van der Waals surface area contributed by atoms with Crippen molar-refractivity contribution in [2.45, 2.75) is 12.5 Å². The van der Waals surface area contributed by atoms with E-state index in [1.807, 2.05) is 12.1 Å². The molecule has 1 fully saturated rings. The highest BCUT2D eigenvalue weighted by Crippen LogP contribution is 2.28. The lowest BCUT2D eigenvalue weighted by atomic mass is 10.1. The summed E-state index contributed by atoms with van der Waals surface area (Å²) in [5, 5.41) is 0. The number of carbonyl (C=O) groups is 3. The van der Waals surface area contributed by atoms with E-state index >= 15 is 0 Å². The van der Waals surface area contributed by atoms with Gasteiger partial charge in [0.25, 0.3) is 5.91 Å². The molecule has 1 aliphatic heterocycles. The molecule has 1 heterocycles. The Balaban J connectivity index is 1.95. The molecule has 0 N–H and O–H groups in total. The summed E-state index contributed by atoms with van der Waals surface area (Å²) in [4.78, 5) is 36.8. The van der Waals surface area contributed by atoms with Gasteiger partial charge in [0.05, 0.1) is 0 Å². The predicted octanol–water partition coefficient (Wildman–Crippen LogP) is 0.903. The first-order valence-corrected chi connectivity index (χ1v) is 5.94. The number of amides is 3. The van der Waals surface area contributed by atoms with Crippen LogP contribution in [0.15, 0.2) is 24.3 Å². The van der Waals surface area contributed by atoms with Crippen LogP contribution in [0, 0.1) is 0 Å². The number of rotatable bonds is 1. The number of hydrogen-bond donors (Lipinski definition) is 1. The number of urea groups is 1. The van der Waals surface area contributed by atoms with E-state index in [1.54, 1.807) is 12.1 Å². The first-order chi connectivity index (χ1) is 8.59. The zero-order chi connectivity index (χ0) is 12.9. The minimum Gasteiger partial charge on any atom is -0.292 e. The second-order valence-electron chi connectivity index (χ2n) is 4.35. The maximum atomic E-state index is 12.2. The quantitative estimate of drug-likeness (QED) is 0.604. The van der Waals surface area contributed by atoms with Crippen molar-refractivity contribution < 1.29 is 14.4 Å². The Morgan fingerprint density at radius 1 is 1.17 bits per heavy atom. The summed E-state index contributed by atoms with van der Waals surface area (Å²) in [6, 6.07) is 5.96. The summed E-state index contributed by atoms with van der Waals surface area (Å²) < 4.78 is 1.03. The molecule has 1 aromatic rings. The minimum atomic E-state index is -0.709. The number of Topliss-reactive ketones (excluding diaryl/α,β-unsaturated/α-hetero) is 1. The van der Waals surface area contributed by atoms with Crippen molar-refractivity contribution >= 4 is 30.5 Å². The molecule has 0 spiro atoms. The van der Waals surface area contributed by atoms with Gasteiger partial charge in [-0.3, -0.25) is 18.8 Å². The molecular formula is C12H10N2O3S. The fraction of sp³-hybridized carbons (Fsp3) is 0.250. The van der Waals surface area contributed by atoms with Gasteiger partial charge in [-0.1, -0.05) is 37.1 Å². The maximum absolute atomic E-state index is 12.2. The molecule has 1 saturated heterocycles. The zero-order valence-corrected chi connectivity index (χ0v) is 10.3. The van der Waals surface area contributed by atoms with Crippen molar-refractivity contribution in [3.8, 4) is 0 Å². The molecule has 1 aromatic carbocycles. The monoisotopic (exact) mass is 262 g/mol. The summed E-state index contributed by atoms with van der Waals surface area (Å²) in [7, 11) is 0. The largest absolute Gasteiger partial charge is 0.337 e. The third-order valence-electron chi connectivity index (χ3n) is 3.29. The molecule has 5 nitrogen and oxygen atoms in total. The molecule has 0 saturated carbocycles. The Morgan fingerprint density at radius 3 is 2.50 bits per heavy atom. The van der Waals surface area contributed by atoms with E-state index < -0.39 is 12.1 Å². The van der Waals surface area contributed by atoms with Crippen LogP contribution in [0.5, 0.6) is 0 Å². The zero-order valence-electron chi connectivity index (χ0n) is 9.37. The van der Waals surface area contributed by atoms with E-state index in [4.69, 9.17) is 0 Å². The molecule has 0 radical (unpaired) electrons. The molecule has 1 unspecified atom stereocenters. The van der Waals surface area contributed by atoms with Crippen LogP contribution in [0.4, 0.5) is 4.79 Å². The molecule has 0 bridgehead atoms. The summed E-state index contributed by atoms with van der Waals surface area (Å²) in [6.07, 6.45) is 0.397. The van der Waals surface area contributed by atoms with Crippen LogP contribution < -0.4 is 0 Å². The van der Waals surface area contributed by atoms with E-state index in [9.17, 15) is 14.4 Å². The van der Waals surface area contributed by atoms with E-state index in [1.165, 1.54) is 0 Å². The maximum Gasteiger partial charge on any atom is 0.337 e. The smallest absolute Gasteiger partial charge is 0.292 e. The average Bonchev–Trinajstić information content (AvgIpc) is 2.79. The molecule has 1 aliphatic carbocycles. The normalized spacial score (nSPS) is 22.9. The van der Waals surface area contributed by atoms with Crippen LogP contribution in [0.1, 0.15) is 15.9 Å². The second-order valence-corrected chi connectivity index (χ2v) is 4.83. The molecule has 3 amide bonds. The van der Waals surface area contributed by atoms with Gasteiger partial charge in [0.1, 0.15) is 12.6 Å². The van der Waals surface area contributed by atoms with Crippen molar-refractivity contribution in [1.82, 2.24) is 9.21 Å². The van der Waals surface area contributed by atoms with Crippen LogP contribution in [0.3, 0.4) is 0 Å². The molecule has 92 valence electrons. The first-order valence-electron chi connectivity index (χ1n) is 5.54. The van der Waals surface area contributed by atoms with Gasteiger partial charge in [-0.05, 0) is 5.56 Å². The Kier molecular flexibility index (Phi) is 2.41. The number of nitrogens with zero attached hydrogens (tertiary/aromatic N) is 2. The molecule has 6 heteroatoms. The summed E-state index contributed by atoms with van der Waals surface area (Å²) in [5.41, 5.74) is 1.48. The highest BCUT2D eigenvalue weighted by Gasteiger charge is 2.45. The Hall–Kier alpha value is -1.82. The number of imide groups is 1. The lowest BCUT2D eigenvalue weighted by Gasteiger charge is -2.19. The molecular weight excluding hydrogens is 252 g/mol. The third kappa shape index (κ3) is 1.45. The molecule has 0 aromatic heterocycles. The van der Waals surface area contributed by atoms with Gasteiger partial charge >= 0.3 is 6.03 Å². The third-order valence-corrected chi connectivity index (χ3v) is 3.60. The number of carbonyl (C=O) groups excluding carboxylic acids is 3. The Labute approximate surface area is 109 Å².